The van der Waals surface area contributed by atoms with Gasteiger partial charge in [0.2, 0.25) is 0 Å². The molecule has 1 aliphatic rings. The van der Waals surface area contributed by atoms with Crippen LogP contribution in [0.15, 0.2) is 5.51 Å². The summed E-state index contributed by atoms with van der Waals surface area (Å²) in [5, 5.41) is 3.32. The third-order valence-corrected chi connectivity index (χ3v) is 4.63. The van der Waals surface area contributed by atoms with Gasteiger partial charge < -0.3 is 10.1 Å². The summed E-state index contributed by atoms with van der Waals surface area (Å²) in [6.07, 6.45) is -3.14. The second kappa shape index (κ2) is 9.78. The minimum atomic E-state index is -4.26. The summed E-state index contributed by atoms with van der Waals surface area (Å²) in [5.41, 5.74) is 2.80. The third-order valence-electron chi connectivity index (χ3n) is 3.71. The molecule has 1 N–H and O–H groups in total. The van der Waals surface area contributed by atoms with Crippen molar-refractivity contribution in [1.82, 2.24) is 15.2 Å². The minimum absolute atomic E-state index is 0. The number of rotatable bonds is 8. The average molecular weight is 374 g/mol. The van der Waals surface area contributed by atoms with E-state index in [1.165, 1.54) is 4.88 Å². The van der Waals surface area contributed by atoms with Crippen LogP contribution in [-0.4, -0.2) is 55.5 Å². The number of aryl methyl sites for hydroxylation is 1. The lowest BCUT2D eigenvalue weighted by molar-refractivity contribution is -0.174. The minimum Gasteiger partial charge on any atom is -0.371 e. The molecule has 1 aromatic heterocycles. The van der Waals surface area contributed by atoms with Crippen LogP contribution in [-0.2, 0) is 11.3 Å². The summed E-state index contributed by atoms with van der Waals surface area (Å²) < 4.78 is 41.1. The fourth-order valence-electron chi connectivity index (χ4n) is 2.53. The van der Waals surface area contributed by atoms with Crippen molar-refractivity contribution >= 4 is 23.7 Å². The Balaban J connectivity index is 0.00000264. The molecule has 0 radical (unpaired) electrons. The maximum absolute atomic E-state index is 12.1. The molecular formula is C14H23ClF3N3OS. The van der Waals surface area contributed by atoms with Crippen molar-refractivity contribution in [3.63, 3.8) is 0 Å². The quantitative estimate of drug-likeness (QED) is 0.711. The number of aromatic nitrogens is 1. The SMILES string of the molecule is Cc1ncsc1CN(CCOCC(F)(F)F)CC1CCNC1.Cl. The van der Waals surface area contributed by atoms with Crippen molar-refractivity contribution in [2.75, 3.05) is 39.4 Å². The first kappa shape index (κ1) is 20.6. The predicted molar refractivity (Wildman–Crippen MR) is 87.2 cm³/mol. The fraction of sp³-hybridized carbons (Fsp3) is 0.786. The van der Waals surface area contributed by atoms with Crippen molar-refractivity contribution in [2.45, 2.75) is 26.1 Å². The Bertz CT molecular complexity index is 453. The van der Waals surface area contributed by atoms with Crippen LogP contribution in [0.5, 0.6) is 0 Å². The largest absolute Gasteiger partial charge is 0.411 e. The van der Waals surface area contributed by atoms with Crippen molar-refractivity contribution in [1.29, 1.82) is 0 Å². The summed E-state index contributed by atoms with van der Waals surface area (Å²) in [6.45, 7) is 4.97. The van der Waals surface area contributed by atoms with Gasteiger partial charge in [-0.05, 0) is 32.4 Å². The van der Waals surface area contributed by atoms with E-state index in [0.29, 0.717) is 12.5 Å². The molecule has 2 heterocycles. The number of hydrogen-bond donors (Lipinski definition) is 1. The maximum Gasteiger partial charge on any atom is 0.411 e. The highest BCUT2D eigenvalue weighted by Gasteiger charge is 2.27. The van der Waals surface area contributed by atoms with E-state index in [4.69, 9.17) is 4.74 Å². The number of thiazole rings is 1. The van der Waals surface area contributed by atoms with E-state index in [-0.39, 0.29) is 19.0 Å². The fourth-order valence-corrected chi connectivity index (χ4v) is 3.35. The Morgan fingerprint density at radius 1 is 1.48 bits per heavy atom. The number of alkyl halides is 3. The van der Waals surface area contributed by atoms with Crippen LogP contribution < -0.4 is 5.32 Å². The monoisotopic (exact) mass is 373 g/mol. The standard InChI is InChI=1S/C14H22F3N3OS.ClH/c1-11-13(22-10-19-11)8-20(7-12-2-3-18-6-12)4-5-21-9-14(15,16)17;/h10,12,18H,2-9H2,1H3;1H. The molecule has 0 aliphatic carbocycles. The van der Waals surface area contributed by atoms with Crippen LogP contribution in [0, 0.1) is 12.8 Å². The number of nitrogens with one attached hydrogen (secondary N) is 1. The molecule has 1 saturated heterocycles. The molecule has 1 atom stereocenters. The smallest absolute Gasteiger partial charge is 0.371 e. The molecule has 0 saturated carbocycles. The van der Waals surface area contributed by atoms with E-state index in [1.54, 1.807) is 16.8 Å². The zero-order valence-electron chi connectivity index (χ0n) is 13.1. The Labute approximate surface area is 144 Å². The second-order valence-electron chi connectivity index (χ2n) is 5.62. The Hall–Kier alpha value is -0.410. The van der Waals surface area contributed by atoms with E-state index in [9.17, 15) is 13.2 Å². The summed E-state index contributed by atoms with van der Waals surface area (Å²) in [6, 6.07) is 0. The van der Waals surface area contributed by atoms with E-state index < -0.39 is 12.8 Å². The normalized spacial score (nSPS) is 18.4. The molecule has 134 valence electrons. The molecule has 1 aromatic rings. The highest BCUT2D eigenvalue weighted by molar-refractivity contribution is 7.09. The molecule has 4 nitrogen and oxygen atoms in total. The number of halogens is 4. The lowest BCUT2D eigenvalue weighted by Crippen LogP contribution is -2.33. The van der Waals surface area contributed by atoms with Crippen molar-refractivity contribution in [2.24, 2.45) is 5.92 Å². The topological polar surface area (TPSA) is 37.4 Å². The lowest BCUT2D eigenvalue weighted by atomic mass is 10.1. The van der Waals surface area contributed by atoms with E-state index in [0.717, 1.165) is 38.3 Å². The Kier molecular flexibility index (Phi) is 8.78. The van der Waals surface area contributed by atoms with Gasteiger partial charge in [0.1, 0.15) is 6.61 Å². The van der Waals surface area contributed by atoms with Crippen molar-refractivity contribution < 1.29 is 17.9 Å². The van der Waals surface area contributed by atoms with E-state index in [2.05, 4.69) is 15.2 Å². The van der Waals surface area contributed by atoms with Crippen LogP contribution in [0.1, 0.15) is 17.0 Å². The molecule has 1 aliphatic heterocycles. The predicted octanol–water partition coefficient (Wildman–Crippen LogP) is 2.86. The van der Waals surface area contributed by atoms with Crippen LogP contribution in [0.4, 0.5) is 13.2 Å². The highest BCUT2D eigenvalue weighted by atomic mass is 35.5. The first-order valence-electron chi connectivity index (χ1n) is 7.40. The number of hydrogen-bond acceptors (Lipinski definition) is 5. The molecule has 0 spiro atoms. The van der Waals surface area contributed by atoms with Crippen molar-refractivity contribution in [3.05, 3.63) is 16.1 Å². The first-order valence-corrected chi connectivity index (χ1v) is 8.28. The van der Waals surface area contributed by atoms with Crippen LogP contribution in [0.2, 0.25) is 0 Å². The molecule has 1 unspecified atom stereocenters. The highest BCUT2D eigenvalue weighted by Crippen LogP contribution is 2.18. The van der Waals surface area contributed by atoms with Gasteiger partial charge in [0.25, 0.3) is 0 Å². The van der Waals surface area contributed by atoms with Crippen molar-refractivity contribution in [3.8, 4) is 0 Å². The van der Waals surface area contributed by atoms with E-state index >= 15 is 0 Å². The van der Waals surface area contributed by atoms with Gasteiger partial charge in [0.15, 0.2) is 0 Å². The number of ether oxygens (including phenoxy) is 1. The van der Waals surface area contributed by atoms with Gasteiger partial charge in [0, 0.05) is 24.5 Å². The summed E-state index contributed by atoms with van der Waals surface area (Å²) in [5.74, 6) is 0.552. The van der Waals surface area contributed by atoms with Crippen LogP contribution >= 0.6 is 23.7 Å². The third kappa shape index (κ3) is 7.80. The molecule has 23 heavy (non-hydrogen) atoms. The zero-order valence-corrected chi connectivity index (χ0v) is 14.7. The van der Waals surface area contributed by atoms with Gasteiger partial charge in [-0.15, -0.1) is 23.7 Å². The molecule has 9 heteroatoms. The Morgan fingerprint density at radius 3 is 2.83 bits per heavy atom. The molecule has 1 fully saturated rings. The molecule has 2 rings (SSSR count). The summed E-state index contributed by atoms with van der Waals surface area (Å²) in [7, 11) is 0. The maximum atomic E-state index is 12.1. The first-order chi connectivity index (χ1) is 10.4. The summed E-state index contributed by atoms with van der Waals surface area (Å²) in [4.78, 5) is 7.57. The van der Waals surface area contributed by atoms with Gasteiger partial charge in [0.05, 0.1) is 17.8 Å². The van der Waals surface area contributed by atoms with Gasteiger partial charge in [-0.3, -0.25) is 4.90 Å². The number of nitrogens with zero attached hydrogens (tertiary/aromatic N) is 2. The van der Waals surface area contributed by atoms with Gasteiger partial charge in [-0.2, -0.15) is 13.2 Å². The molecule has 0 bridgehead atoms. The van der Waals surface area contributed by atoms with Crippen LogP contribution in [0.3, 0.4) is 0 Å². The average Bonchev–Trinajstić information content (AvgIpc) is 3.06. The summed E-state index contributed by atoms with van der Waals surface area (Å²) >= 11 is 1.59. The van der Waals surface area contributed by atoms with Gasteiger partial charge in [-0.1, -0.05) is 0 Å². The lowest BCUT2D eigenvalue weighted by Gasteiger charge is -2.25. The van der Waals surface area contributed by atoms with E-state index in [1.807, 2.05) is 6.92 Å². The molecular weight excluding hydrogens is 351 g/mol. The zero-order chi connectivity index (χ0) is 16.0. The molecule has 0 amide bonds. The molecule has 0 aromatic carbocycles. The Morgan fingerprint density at radius 2 is 2.26 bits per heavy atom. The van der Waals surface area contributed by atoms with Gasteiger partial charge >= 0.3 is 6.18 Å². The second-order valence-corrected chi connectivity index (χ2v) is 6.56. The van der Waals surface area contributed by atoms with Crippen LogP contribution in [0.25, 0.3) is 0 Å². The van der Waals surface area contributed by atoms with Gasteiger partial charge in [-0.25, -0.2) is 4.98 Å².